The van der Waals surface area contributed by atoms with Crippen molar-refractivity contribution >= 4 is 24.8 Å². The first-order chi connectivity index (χ1) is 9.54. The first-order valence-corrected chi connectivity index (χ1v) is 7.13. The van der Waals surface area contributed by atoms with Gasteiger partial charge in [-0.15, -0.1) is 24.8 Å². The number of hydrogen-bond donors (Lipinski definition) is 1. The third-order valence-electron chi connectivity index (χ3n) is 4.07. The topological polar surface area (TPSA) is 15.3 Å². The lowest BCUT2D eigenvalue weighted by Gasteiger charge is -2.38. The van der Waals surface area contributed by atoms with Crippen LogP contribution in [0, 0.1) is 23.4 Å². The summed E-state index contributed by atoms with van der Waals surface area (Å²) in [6.45, 7) is 7.07. The van der Waals surface area contributed by atoms with Crippen LogP contribution < -0.4 is 5.32 Å². The number of halogens is 5. The molecule has 1 saturated heterocycles. The number of rotatable bonds is 4. The van der Waals surface area contributed by atoms with Gasteiger partial charge in [0.25, 0.3) is 0 Å². The highest BCUT2D eigenvalue weighted by Crippen LogP contribution is 2.34. The summed E-state index contributed by atoms with van der Waals surface area (Å²) in [5.74, 6) is -2.34. The Morgan fingerprint density at radius 2 is 1.59 bits per heavy atom. The van der Waals surface area contributed by atoms with Crippen LogP contribution in [-0.4, -0.2) is 31.1 Å². The first-order valence-electron chi connectivity index (χ1n) is 7.13. The van der Waals surface area contributed by atoms with Gasteiger partial charge in [0.1, 0.15) is 17.5 Å². The average molecular weight is 359 g/mol. The molecule has 128 valence electrons. The van der Waals surface area contributed by atoms with Gasteiger partial charge in [-0.05, 0) is 5.92 Å². The van der Waals surface area contributed by atoms with E-state index in [1.165, 1.54) is 0 Å². The van der Waals surface area contributed by atoms with E-state index in [1.54, 1.807) is 0 Å². The lowest BCUT2D eigenvalue weighted by atomic mass is 9.89. The molecule has 0 aliphatic carbocycles. The van der Waals surface area contributed by atoms with Gasteiger partial charge in [-0.1, -0.05) is 20.3 Å². The van der Waals surface area contributed by atoms with Gasteiger partial charge in [0, 0.05) is 49.9 Å². The van der Waals surface area contributed by atoms with Crippen LogP contribution in [0.1, 0.15) is 31.9 Å². The van der Waals surface area contributed by atoms with Gasteiger partial charge >= 0.3 is 0 Å². The minimum atomic E-state index is -0.869. The number of benzene rings is 1. The molecule has 0 bridgehead atoms. The summed E-state index contributed by atoms with van der Waals surface area (Å²) in [7, 11) is 0. The molecule has 2 rings (SSSR count). The van der Waals surface area contributed by atoms with E-state index in [4.69, 9.17) is 0 Å². The van der Waals surface area contributed by atoms with Crippen LogP contribution in [0.5, 0.6) is 0 Å². The normalized spacial score (nSPS) is 18.0. The average Bonchev–Trinajstić information content (AvgIpc) is 2.42. The Morgan fingerprint density at radius 3 is 2.05 bits per heavy atom. The standard InChI is InChI=1S/C15H21F3N2.2ClH/c1-3-10(2)15(20-6-4-19-5-7-20)14-12(17)8-11(16)9-13(14)18;;/h8-10,15,19H,3-7H2,1-2H3;2*1H/t10?,15-;;/m1../s1. The smallest absolute Gasteiger partial charge is 0.133 e. The van der Waals surface area contributed by atoms with Gasteiger partial charge in [-0.25, -0.2) is 13.2 Å². The van der Waals surface area contributed by atoms with E-state index in [0.29, 0.717) is 0 Å². The van der Waals surface area contributed by atoms with Crippen molar-refractivity contribution < 1.29 is 13.2 Å². The SMILES string of the molecule is CCC(C)[C@H](c1c(F)cc(F)cc1F)N1CCNCC1.Cl.Cl. The van der Waals surface area contributed by atoms with Gasteiger partial charge in [-0.3, -0.25) is 4.90 Å². The summed E-state index contributed by atoms with van der Waals surface area (Å²) >= 11 is 0. The summed E-state index contributed by atoms with van der Waals surface area (Å²) in [6, 6.07) is 1.20. The Morgan fingerprint density at radius 1 is 1.09 bits per heavy atom. The molecule has 0 spiro atoms. The van der Waals surface area contributed by atoms with E-state index in [-0.39, 0.29) is 42.3 Å². The predicted molar refractivity (Wildman–Crippen MR) is 87.5 cm³/mol. The maximum Gasteiger partial charge on any atom is 0.133 e. The fourth-order valence-corrected chi connectivity index (χ4v) is 2.85. The number of nitrogens with zero attached hydrogens (tertiary/aromatic N) is 1. The molecule has 1 aromatic carbocycles. The Hall–Kier alpha value is -0.490. The van der Waals surface area contributed by atoms with Gasteiger partial charge in [0.05, 0.1) is 0 Å². The van der Waals surface area contributed by atoms with Crippen LogP contribution in [0.25, 0.3) is 0 Å². The molecule has 1 unspecified atom stereocenters. The van der Waals surface area contributed by atoms with Gasteiger partial charge < -0.3 is 5.32 Å². The van der Waals surface area contributed by atoms with Crippen LogP contribution in [0.2, 0.25) is 0 Å². The molecule has 22 heavy (non-hydrogen) atoms. The third kappa shape index (κ3) is 4.75. The number of hydrogen-bond acceptors (Lipinski definition) is 2. The largest absolute Gasteiger partial charge is 0.314 e. The highest BCUT2D eigenvalue weighted by molar-refractivity contribution is 5.85. The maximum absolute atomic E-state index is 14.1. The van der Waals surface area contributed by atoms with E-state index >= 15 is 0 Å². The fourth-order valence-electron chi connectivity index (χ4n) is 2.85. The molecule has 0 aromatic heterocycles. The van der Waals surface area contributed by atoms with Crippen LogP contribution >= 0.6 is 24.8 Å². The second-order valence-corrected chi connectivity index (χ2v) is 5.40. The lowest BCUT2D eigenvalue weighted by Crippen LogP contribution is -2.47. The molecule has 1 N–H and O–H groups in total. The summed E-state index contributed by atoms with van der Waals surface area (Å²) in [4.78, 5) is 2.09. The molecule has 0 saturated carbocycles. The van der Waals surface area contributed by atoms with E-state index in [0.717, 1.165) is 44.7 Å². The Bertz CT molecular complexity index is 445. The quantitative estimate of drug-likeness (QED) is 0.876. The van der Waals surface area contributed by atoms with Gasteiger partial charge in [0.2, 0.25) is 0 Å². The van der Waals surface area contributed by atoms with Crippen molar-refractivity contribution in [3.05, 3.63) is 35.1 Å². The molecule has 1 fully saturated rings. The zero-order valence-electron chi connectivity index (χ0n) is 12.7. The highest BCUT2D eigenvalue weighted by atomic mass is 35.5. The Labute approximate surface area is 142 Å². The van der Waals surface area contributed by atoms with Crippen LogP contribution in [0.4, 0.5) is 13.2 Å². The van der Waals surface area contributed by atoms with Crippen molar-refractivity contribution in [2.24, 2.45) is 5.92 Å². The second-order valence-electron chi connectivity index (χ2n) is 5.40. The molecule has 1 heterocycles. The van der Waals surface area contributed by atoms with Crippen LogP contribution in [0.15, 0.2) is 12.1 Å². The highest BCUT2D eigenvalue weighted by Gasteiger charge is 2.31. The van der Waals surface area contributed by atoms with Gasteiger partial charge in [-0.2, -0.15) is 0 Å². The summed E-state index contributed by atoms with van der Waals surface area (Å²) in [5.41, 5.74) is 0.00245. The first kappa shape index (κ1) is 21.5. The summed E-state index contributed by atoms with van der Waals surface area (Å²) in [5, 5.41) is 3.23. The van der Waals surface area contributed by atoms with Crippen molar-refractivity contribution in [3.63, 3.8) is 0 Å². The predicted octanol–water partition coefficient (Wildman–Crippen LogP) is 3.94. The minimum Gasteiger partial charge on any atom is -0.314 e. The van der Waals surface area contributed by atoms with Crippen molar-refractivity contribution in [2.75, 3.05) is 26.2 Å². The lowest BCUT2D eigenvalue weighted by molar-refractivity contribution is 0.122. The second kappa shape index (κ2) is 9.60. The molecule has 2 atom stereocenters. The number of piperazine rings is 1. The van der Waals surface area contributed by atoms with Gasteiger partial charge in [0.15, 0.2) is 0 Å². The van der Waals surface area contributed by atoms with E-state index < -0.39 is 17.5 Å². The zero-order valence-corrected chi connectivity index (χ0v) is 14.4. The van der Waals surface area contributed by atoms with Crippen LogP contribution in [0.3, 0.4) is 0 Å². The molecule has 7 heteroatoms. The van der Waals surface area contributed by atoms with Crippen molar-refractivity contribution in [1.82, 2.24) is 10.2 Å². The molecular weight excluding hydrogens is 336 g/mol. The molecule has 1 aliphatic heterocycles. The Balaban J connectivity index is 0.00000220. The molecular formula is C15H23Cl2F3N2. The molecule has 2 nitrogen and oxygen atoms in total. The molecule has 1 aromatic rings. The number of nitrogens with one attached hydrogen (secondary N) is 1. The zero-order chi connectivity index (χ0) is 14.7. The molecule has 0 radical (unpaired) electrons. The fraction of sp³-hybridized carbons (Fsp3) is 0.600. The minimum absolute atomic E-state index is 0. The maximum atomic E-state index is 14.1. The van der Waals surface area contributed by atoms with Crippen molar-refractivity contribution in [1.29, 1.82) is 0 Å². The summed E-state index contributed by atoms with van der Waals surface area (Å²) < 4.78 is 41.3. The van der Waals surface area contributed by atoms with Crippen molar-refractivity contribution in [3.8, 4) is 0 Å². The Kier molecular flexibility index (Phi) is 9.39. The third-order valence-corrected chi connectivity index (χ3v) is 4.07. The van der Waals surface area contributed by atoms with E-state index in [9.17, 15) is 13.2 Å². The van der Waals surface area contributed by atoms with E-state index in [1.807, 2.05) is 13.8 Å². The van der Waals surface area contributed by atoms with Crippen LogP contribution in [-0.2, 0) is 0 Å². The summed E-state index contributed by atoms with van der Waals surface area (Å²) in [6.07, 6.45) is 0.810. The van der Waals surface area contributed by atoms with Crippen molar-refractivity contribution in [2.45, 2.75) is 26.3 Å². The van der Waals surface area contributed by atoms with E-state index in [2.05, 4.69) is 10.2 Å². The monoisotopic (exact) mass is 358 g/mol. The molecule has 0 amide bonds. The molecule has 1 aliphatic rings.